The highest BCUT2D eigenvalue weighted by Gasteiger charge is 2.16. The average Bonchev–Trinajstić information content (AvgIpc) is 2.90. The molecule has 0 saturated carbocycles. The molecule has 0 aliphatic rings. The number of carboxylic acid groups (broad SMARTS) is 1. The molecule has 0 aliphatic heterocycles. The maximum atomic E-state index is 11.6. The standard InChI is InChI=1S/C17H15NO2S/c1-10(2)16-18-14-8-12(11-6-4-3-5-7-11)13(17(19)20)9-15(14)21-16/h3-10H,1-2H3,(H,19,20). The molecule has 3 aromatic rings. The van der Waals surface area contributed by atoms with Crippen LogP contribution in [0.5, 0.6) is 0 Å². The number of carbonyl (C=O) groups is 1. The van der Waals surface area contributed by atoms with Crippen molar-refractivity contribution in [2.45, 2.75) is 19.8 Å². The van der Waals surface area contributed by atoms with Gasteiger partial charge in [0.15, 0.2) is 0 Å². The highest BCUT2D eigenvalue weighted by atomic mass is 32.1. The fourth-order valence-corrected chi connectivity index (χ4v) is 3.26. The monoisotopic (exact) mass is 297 g/mol. The minimum Gasteiger partial charge on any atom is -0.478 e. The van der Waals surface area contributed by atoms with E-state index in [-0.39, 0.29) is 0 Å². The molecule has 0 saturated heterocycles. The molecule has 1 N–H and O–H groups in total. The molecule has 21 heavy (non-hydrogen) atoms. The first-order chi connectivity index (χ1) is 10.1. The molecular weight excluding hydrogens is 282 g/mol. The molecule has 0 spiro atoms. The number of nitrogens with zero attached hydrogens (tertiary/aromatic N) is 1. The molecule has 3 nitrogen and oxygen atoms in total. The van der Waals surface area contributed by atoms with Crippen LogP contribution in [0, 0.1) is 0 Å². The Morgan fingerprint density at radius 2 is 1.90 bits per heavy atom. The van der Waals surface area contributed by atoms with Gasteiger partial charge in [-0.1, -0.05) is 44.2 Å². The second kappa shape index (κ2) is 5.30. The molecule has 0 amide bonds. The maximum absolute atomic E-state index is 11.6. The van der Waals surface area contributed by atoms with Crippen molar-refractivity contribution in [3.63, 3.8) is 0 Å². The lowest BCUT2D eigenvalue weighted by molar-refractivity contribution is 0.0698. The van der Waals surface area contributed by atoms with E-state index in [0.717, 1.165) is 26.4 Å². The third-order valence-corrected chi connectivity index (χ3v) is 4.67. The zero-order valence-electron chi connectivity index (χ0n) is 11.8. The lowest BCUT2D eigenvalue weighted by atomic mass is 9.99. The second-order valence-electron chi connectivity index (χ2n) is 5.24. The van der Waals surface area contributed by atoms with Crippen LogP contribution in [0.15, 0.2) is 42.5 Å². The topological polar surface area (TPSA) is 50.2 Å². The van der Waals surface area contributed by atoms with E-state index in [1.54, 1.807) is 17.4 Å². The lowest BCUT2D eigenvalue weighted by Gasteiger charge is -2.06. The van der Waals surface area contributed by atoms with E-state index < -0.39 is 5.97 Å². The van der Waals surface area contributed by atoms with E-state index in [1.807, 2.05) is 36.4 Å². The van der Waals surface area contributed by atoms with Gasteiger partial charge in [-0.25, -0.2) is 9.78 Å². The number of thiazole rings is 1. The number of hydrogen-bond acceptors (Lipinski definition) is 3. The summed E-state index contributed by atoms with van der Waals surface area (Å²) in [6.07, 6.45) is 0. The zero-order chi connectivity index (χ0) is 15.0. The fraction of sp³-hybridized carbons (Fsp3) is 0.176. The van der Waals surface area contributed by atoms with Crippen LogP contribution in [-0.4, -0.2) is 16.1 Å². The van der Waals surface area contributed by atoms with Gasteiger partial charge in [-0.15, -0.1) is 11.3 Å². The second-order valence-corrected chi connectivity index (χ2v) is 6.31. The van der Waals surface area contributed by atoms with Crippen molar-refractivity contribution in [1.82, 2.24) is 4.98 Å². The lowest BCUT2D eigenvalue weighted by Crippen LogP contribution is -1.99. The van der Waals surface area contributed by atoms with Gasteiger partial charge in [-0.3, -0.25) is 0 Å². The average molecular weight is 297 g/mol. The van der Waals surface area contributed by atoms with Crippen LogP contribution in [-0.2, 0) is 0 Å². The van der Waals surface area contributed by atoms with Gasteiger partial charge in [0.05, 0.1) is 20.8 Å². The highest BCUT2D eigenvalue weighted by Crippen LogP contribution is 2.33. The van der Waals surface area contributed by atoms with Gasteiger partial charge in [-0.2, -0.15) is 0 Å². The Morgan fingerprint density at radius 1 is 1.19 bits per heavy atom. The predicted octanol–water partition coefficient (Wildman–Crippen LogP) is 4.78. The van der Waals surface area contributed by atoms with Crippen molar-refractivity contribution in [3.8, 4) is 11.1 Å². The van der Waals surface area contributed by atoms with Gasteiger partial charge in [0.1, 0.15) is 0 Å². The van der Waals surface area contributed by atoms with Crippen molar-refractivity contribution < 1.29 is 9.90 Å². The first-order valence-corrected chi connectivity index (χ1v) is 7.61. The molecule has 0 atom stereocenters. The summed E-state index contributed by atoms with van der Waals surface area (Å²) in [5.41, 5.74) is 2.81. The minimum absolute atomic E-state index is 0.327. The molecule has 1 heterocycles. The zero-order valence-corrected chi connectivity index (χ0v) is 12.6. The van der Waals surface area contributed by atoms with Crippen molar-refractivity contribution >= 4 is 27.5 Å². The van der Waals surface area contributed by atoms with Crippen LogP contribution in [0.2, 0.25) is 0 Å². The van der Waals surface area contributed by atoms with Crippen LogP contribution in [0.25, 0.3) is 21.3 Å². The molecule has 0 aliphatic carbocycles. The molecule has 2 aromatic carbocycles. The Labute approximate surface area is 126 Å². The molecule has 0 bridgehead atoms. The van der Waals surface area contributed by atoms with Crippen molar-refractivity contribution in [2.75, 3.05) is 0 Å². The largest absolute Gasteiger partial charge is 0.478 e. The van der Waals surface area contributed by atoms with Crippen LogP contribution < -0.4 is 0 Å². The number of aromatic carboxylic acids is 1. The normalized spacial score (nSPS) is 11.2. The quantitative estimate of drug-likeness (QED) is 0.756. The van der Waals surface area contributed by atoms with Crippen LogP contribution in [0.3, 0.4) is 0 Å². The van der Waals surface area contributed by atoms with Crippen LogP contribution in [0.1, 0.15) is 35.1 Å². The first kappa shape index (κ1) is 13.8. The predicted molar refractivity (Wildman–Crippen MR) is 86.1 cm³/mol. The van der Waals surface area contributed by atoms with Gasteiger partial charge >= 0.3 is 5.97 Å². The fourth-order valence-electron chi connectivity index (χ4n) is 2.27. The molecular formula is C17H15NO2S. The minimum atomic E-state index is -0.907. The summed E-state index contributed by atoms with van der Waals surface area (Å²) in [4.78, 5) is 16.2. The summed E-state index contributed by atoms with van der Waals surface area (Å²) in [6.45, 7) is 4.18. The van der Waals surface area contributed by atoms with E-state index in [4.69, 9.17) is 0 Å². The number of benzene rings is 2. The Bertz CT molecular complexity index is 806. The third kappa shape index (κ3) is 2.54. The van der Waals surface area contributed by atoms with Gasteiger partial charge in [0, 0.05) is 5.92 Å². The van der Waals surface area contributed by atoms with Gasteiger partial charge in [-0.05, 0) is 23.3 Å². The summed E-state index contributed by atoms with van der Waals surface area (Å²) in [6, 6.07) is 13.2. The summed E-state index contributed by atoms with van der Waals surface area (Å²) >= 11 is 1.57. The SMILES string of the molecule is CC(C)c1nc2cc(-c3ccccc3)c(C(=O)O)cc2s1. The summed E-state index contributed by atoms with van der Waals surface area (Å²) < 4.78 is 0.927. The third-order valence-electron chi connectivity index (χ3n) is 3.35. The molecule has 1 aromatic heterocycles. The van der Waals surface area contributed by atoms with Crippen molar-refractivity contribution in [3.05, 3.63) is 53.0 Å². The van der Waals surface area contributed by atoms with E-state index in [2.05, 4.69) is 18.8 Å². The van der Waals surface area contributed by atoms with Crippen LogP contribution >= 0.6 is 11.3 Å². The maximum Gasteiger partial charge on any atom is 0.336 e. The van der Waals surface area contributed by atoms with Gasteiger partial charge in [0.2, 0.25) is 0 Å². The molecule has 3 rings (SSSR count). The molecule has 0 radical (unpaired) electrons. The summed E-state index contributed by atoms with van der Waals surface area (Å²) in [5, 5.41) is 10.5. The van der Waals surface area contributed by atoms with Crippen molar-refractivity contribution in [2.24, 2.45) is 0 Å². The van der Waals surface area contributed by atoms with E-state index in [0.29, 0.717) is 11.5 Å². The Morgan fingerprint density at radius 3 is 2.52 bits per heavy atom. The Kier molecular flexibility index (Phi) is 3.47. The van der Waals surface area contributed by atoms with Gasteiger partial charge < -0.3 is 5.11 Å². The van der Waals surface area contributed by atoms with Crippen molar-refractivity contribution in [1.29, 1.82) is 0 Å². The number of carboxylic acids is 1. The van der Waals surface area contributed by atoms with Crippen LogP contribution in [0.4, 0.5) is 0 Å². The Hall–Kier alpha value is -2.20. The number of rotatable bonds is 3. The molecule has 106 valence electrons. The van der Waals surface area contributed by atoms with Gasteiger partial charge in [0.25, 0.3) is 0 Å². The molecule has 0 unspecified atom stereocenters. The number of fused-ring (bicyclic) bond motifs is 1. The van der Waals surface area contributed by atoms with E-state index in [1.165, 1.54) is 0 Å². The summed E-state index contributed by atoms with van der Waals surface area (Å²) in [5.74, 6) is -0.564. The Balaban J connectivity index is 2.27. The van der Waals surface area contributed by atoms with E-state index >= 15 is 0 Å². The molecule has 4 heteroatoms. The first-order valence-electron chi connectivity index (χ1n) is 6.79. The van der Waals surface area contributed by atoms with E-state index in [9.17, 15) is 9.90 Å². The smallest absolute Gasteiger partial charge is 0.336 e. The number of aromatic nitrogens is 1. The number of hydrogen-bond donors (Lipinski definition) is 1. The summed E-state index contributed by atoms with van der Waals surface area (Å²) in [7, 11) is 0. The molecule has 0 fully saturated rings. The highest BCUT2D eigenvalue weighted by molar-refractivity contribution is 7.18.